The van der Waals surface area contributed by atoms with Crippen LogP contribution in [0.1, 0.15) is 17.0 Å². The Bertz CT molecular complexity index is 1080. The summed E-state index contributed by atoms with van der Waals surface area (Å²) in [4.78, 5) is 21.3. The third kappa shape index (κ3) is 4.97. The van der Waals surface area contributed by atoms with E-state index in [2.05, 4.69) is 15.3 Å². The van der Waals surface area contributed by atoms with Gasteiger partial charge in [-0.3, -0.25) is 4.79 Å². The quantitative estimate of drug-likeness (QED) is 0.487. The Morgan fingerprint density at radius 3 is 2.59 bits per heavy atom. The van der Waals surface area contributed by atoms with Gasteiger partial charge in [0.1, 0.15) is 11.3 Å². The van der Waals surface area contributed by atoms with Gasteiger partial charge in [-0.25, -0.2) is 9.97 Å². The van der Waals surface area contributed by atoms with Gasteiger partial charge >= 0.3 is 0 Å². The standard InChI is InChI=1S/C23H21N3O2S/c1-16-7-9-17(10-8-16)22-25-19(14-28-22)11-12-24-21(27)13-20-15-29-23(26-20)18-5-3-2-4-6-18/h2-10,14-15H,11-13H2,1H3,(H,24,27). The van der Waals surface area contributed by atoms with Crippen LogP contribution in [0.4, 0.5) is 0 Å². The zero-order chi connectivity index (χ0) is 20.1. The molecule has 2 aromatic heterocycles. The van der Waals surface area contributed by atoms with Gasteiger partial charge in [0.15, 0.2) is 0 Å². The lowest BCUT2D eigenvalue weighted by Gasteiger charge is -2.02. The minimum absolute atomic E-state index is 0.0443. The molecule has 0 bridgehead atoms. The number of amides is 1. The molecule has 0 saturated heterocycles. The van der Waals surface area contributed by atoms with Gasteiger partial charge in [-0.05, 0) is 19.1 Å². The molecule has 4 aromatic rings. The molecule has 1 amide bonds. The molecule has 2 aromatic carbocycles. The van der Waals surface area contributed by atoms with E-state index in [0.717, 1.165) is 27.5 Å². The van der Waals surface area contributed by atoms with E-state index in [1.54, 1.807) is 17.6 Å². The largest absolute Gasteiger partial charge is 0.444 e. The molecule has 0 aliphatic heterocycles. The maximum Gasteiger partial charge on any atom is 0.226 e. The summed E-state index contributed by atoms with van der Waals surface area (Å²) < 4.78 is 5.56. The van der Waals surface area contributed by atoms with E-state index in [9.17, 15) is 4.79 Å². The van der Waals surface area contributed by atoms with Gasteiger partial charge in [0.05, 0.1) is 17.8 Å². The Hall–Kier alpha value is -3.25. The number of aryl methyl sites for hydroxylation is 1. The minimum Gasteiger partial charge on any atom is -0.444 e. The van der Waals surface area contributed by atoms with Crippen LogP contribution in [0.15, 0.2) is 70.7 Å². The van der Waals surface area contributed by atoms with E-state index in [0.29, 0.717) is 18.9 Å². The van der Waals surface area contributed by atoms with E-state index in [1.165, 1.54) is 5.56 Å². The van der Waals surface area contributed by atoms with Crippen LogP contribution in [0.2, 0.25) is 0 Å². The Morgan fingerprint density at radius 1 is 1.00 bits per heavy atom. The number of benzene rings is 2. The van der Waals surface area contributed by atoms with Crippen LogP contribution in [-0.4, -0.2) is 22.4 Å². The molecule has 4 rings (SSSR count). The summed E-state index contributed by atoms with van der Waals surface area (Å²) in [6.45, 7) is 2.55. The normalized spacial score (nSPS) is 10.8. The maximum absolute atomic E-state index is 12.2. The SMILES string of the molecule is Cc1ccc(-c2nc(CCNC(=O)Cc3csc(-c4ccccc4)n3)co2)cc1. The Kier molecular flexibility index (Phi) is 5.81. The molecular weight excluding hydrogens is 382 g/mol. The fourth-order valence-corrected chi connectivity index (χ4v) is 3.73. The summed E-state index contributed by atoms with van der Waals surface area (Å²) >= 11 is 1.55. The summed E-state index contributed by atoms with van der Waals surface area (Å²) in [6.07, 6.45) is 2.54. The highest BCUT2D eigenvalue weighted by molar-refractivity contribution is 7.13. The summed E-state index contributed by atoms with van der Waals surface area (Å²) in [5.41, 5.74) is 4.82. The number of nitrogens with one attached hydrogen (secondary N) is 1. The van der Waals surface area contributed by atoms with E-state index in [-0.39, 0.29) is 12.3 Å². The fraction of sp³-hybridized carbons (Fsp3) is 0.174. The van der Waals surface area contributed by atoms with Gasteiger partial charge in [-0.15, -0.1) is 11.3 Å². The van der Waals surface area contributed by atoms with Crippen molar-refractivity contribution in [1.29, 1.82) is 0 Å². The first-order valence-corrected chi connectivity index (χ1v) is 10.3. The molecule has 2 heterocycles. The minimum atomic E-state index is -0.0443. The van der Waals surface area contributed by atoms with Gasteiger partial charge in [-0.2, -0.15) is 0 Å². The highest BCUT2D eigenvalue weighted by Gasteiger charge is 2.10. The molecule has 0 aliphatic rings. The highest BCUT2D eigenvalue weighted by atomic mass is 32.1. The second-order valence-corrected chi connectivity index (χ2v) is 7.65. The summed E-state index contributed by atoms with van der Waals surface area (Å²) in [5.74, 6) is 0.555. The van der Waals surface area contributed by atoms with E-state index in [1.807, 2.05) is 66.9 Å². The predicted molar refractivity (Wildman–Crippen MR) is 115 cm³/mol. The number of hydrogen-bond acceptors (Lipinski definition) is 5. The van der Waals surface area contributed by atoms with Crippen LogP contribution in [0.25, 0.3) is 22.0 Å². The van der Waals surface area contributed by atoms with Crippen LogP contribution >= 0.6 is 11.3 Å². The van der Waals surface area contributed by atoms with Crippen LogP contribution < -0.4 is 5.32 Å². The number of carbonyl (C=O) groups is 1. The molecule has 0 unspecified atom stereocenters. The van der Waals surface area contributed by atoms with Crippen molar-refractivity contribution in [1.82, 2.24) is 15.3 Å². The van der Waals surface area contributed by atoms with E-state index >= 15 is 0 Å². The van der Waals surface area contributed by atoms with Gasteiger partial charge in [0, 0.05) is 29.5 Å². The highest BCUT2D eigenvalue weighted by Crippen LogP contribution is 2.23. The molecule has 0 atom stereocenters. The van der Waals surface area contributed by atoms with Crippen molar-refractivity contribution in [3.05, 3.63) is 83.2 Å². The zero-order valence-corrected chi connectivity index (χ0v) is 16.9. The van der Waals surface area contributed by atoms with Crippen molar-refractivity contribution in [3.63, 3.8) is 0 Å². The monoisotopic (exact) mass is 403 g/mol. The average Bonchev–Trinajstić information content (AvgIpc) is 3.39. The van der Waals surface area contributed by atoms with Crippen molar-refractivity contribution in [2.24, 2.45) is 0 Å². The average molecular weight is 404 g/mol. The molecule has 0 aliphatic carbocycles. The van der Waals surface area contributed by atoms with Crippen molar-refractivity contribution in [2.45, 2.75) is 19.8 Å². The third-order valence-corrected chi connectivity index (χ3v) is 5.41. The van der Waals surface area contributed by atoms with E-state index < -0.39 is 0 Å². The Balaban J connectivity index is 1.26. The summed E-state index contributed by atoms with van der Waals surface area (Å²) in [5, 5.41) is 5.80. The molecule has 146 valence electrons. The lowest BCUT2D eigenvalue weighted by Crippen LogP contribution is -2.27. The predicted octanol–water partition coefficient (Wildman–Crippen LogP) is 4.67. The van der Waals surface area contributed by atoms with Crippen LogP contribution in [0, 0.1) is 6.92 Å². The molecule has 0 saturated carbocycles. The molecule has 29 heavy (non-hydrogen) atoms. The number of rotatable bonds is 7. The summed E-state index contributed by atoms with van der Waals surface area (Å²) in [6, 6.07) is 18.0. The number of aromatic nitrogens is 2. The molecule has 0 fully saturated rings. The lowest BCUT2D eigenvalue weighted by atomic mass is 10.1. The van der Waals surface area contributed by atoms with Crippen molar-refractivity contribution in [3.8, 4) is 22.0 Å². The first-order chi connectivity index (χ1) is 14.2. The van der Waals surface area contributed by atoms with E-state index in [4.69, 9.17) is 4.42 Å². The number of nitrogens with zero attached hydrogens (tertiary/aromatic N) is 2. The summed E-state index contributed by atoms with van der Waals surface area (Å²) in [7, 11) is 0. The molecule has 5 nitrogen and oxygen atoms in total. The number of oxazole rings is 1. The topological polar surface area (TPSA) is 68.0 Å². The smallest absolute Gasteiger partial charge is 0.226 e. The lowest BCUT2D eigenvalue weighted by molar-refractivity contribution is -0.120. The molecule has 1 N–H and O–H groups in total. The second-order valence-electron chi connectivity index (χ2n) is 6.80. The van der Waals surface area contributed by atoms with Crippen molar-refractivity contribution >= 4 is 17.2 Å². The molecule has 0 spiro atoms. The number of carbonyl (C=O) groups excluding carboxylic acids is 1. The van der Waals surface area contributed by atoms with Crippen LogP contribution in [0.3, 0.4) is 0 Å². The van der Waals surface area contributed by atoms with Crippen molar-refractivity contribution in [2.75, 3.05) is 6.54 Å². The Labute approximate surface area is 173 Å². The molecular formula is C23H21N3O2S. The molecule has 6 heteroatoms. The maximum atomic E-state index is 12.2. The first kappa shape index (κ1) is 19.1. The second kappa shape index (κ2) is 8.84. The Morgan fingerprint density at radius 2 is 1.79 bits per heavy atom. The van der Waals surface area contributed by atoms with Gasteiger partial charge in [0.2, 0.25) is 11.8 Å². The van der Waals surface area contributed by atoms with Gasteiger partial charge in [0.25, 0.3) is 0 Å². The molecule has 0 radical (unpaired) electrons. The van der Waals surface area contributed by atoms with Gasteiger partial charge < -0.3 is 9.73 Å². The first-order valence-electron chi connectivity index (χ1n) is 9.45. The fourth-order valence-electron chi connectivity index (χ4n) is 2.91. The number of thiazole rings is 1. The van der Waals surface area contributed by atoms with Crippen molar-refractivity contribution < 1.29 is 9.21 Å². The van der Waals surface area contributed by atoms with Crippen LogP contribution in [0.5, 0.6) is 0 Å². The number of hydrogen-bond donors (Lipinski definition) is 1. The third-order valence-electron chi connectivity index (χ3n) is 4.47. The zero-order valence-electron chi connectivity index (χ0n) is 16.1. The van der Waals surface area contributed by atoms with Crippen LogP contribution in [-0.2, 0) is 17.6 Å². The van der Waals surface area contributed by atoms with Gasteiger partial charge in [-0.1, -0.05) is 48.0 Å².